The lowest BCUT2D eigenvalue weighted by Gasteiger charge is -2.14. The van der Waals surface area contributed by atoms with Crippen LogP contribution >= 0.6 is 0 Å². The van der Waals surface area contributed by atoms with E-state index in [9.17, 15) is 4.39 Å². The van der Waals surface area contributed by atoms with Gasteiger partial charge in [0.2, 0.25) is 5.88 Å². The van der Waals surface area contributed by atoms with Crippen LogP contribution in [-0.4, -0.2) is 27.0 Å². The Morgan fingerprint density at radius 3 is 2.35 bits per heavy atom. The van der Waals surface area contributed by atoms with Crippen molar-refractivity contribution in [3.05, 3.63) is 102 Å². The first-order valence-corrected chi connectivity index (χ1v) is 10.1. The maximum Gasteiger partial charge on any atom is 0.212 e. The molecule has 1 atom stereocenters. The minimum absolute atomic E-state index is 0.196. The van der Waals surface area contributed by atoms with Crippen LogP contribution in [0.15, 0.2) is 73.3 Å². The molecular weight excluding hydrogens is 391 g/mol. The molecule has 1 aromatic carbocycles. The second-order valence-corrected chi connectivity index (χ2v) is 7.46. The molecule has 0 aliphatic heterocycles. The van der Waals surface area contributed by atoms with E-state index in [2.05, 4.69) is 34.0 Å². The lowest BCUT2D eigenvalue weighted by Crippen LogP contribution is -2.04. The van der Waals surface area contributed by atoms with Crippen LogP contribution < -0.4 is 4.74 Å². The lowest BCUT2D eigenvalue weighted by molar-refractivity contribution is 0.398. The molecule has 0 bridgehead atoms. The average Bonchev–Trinajstić information content (AvgIpc) is 2.80. The molecule has 4 rings (SSSR count). The summed E-state index contributed by atoms with van der Waals surface area (Å²) in [6.45, 7) is 2.12. The molecule has 31 heavy (non-hydrogen) atoms. The van der Waals surface area contributed by atoms with Crippen molar-refractivity contribution in [2.45, 2.75) is 25.7 Å². The van der Waals surface area contributed by atoms with E-state index >= 15 is 0 Å². The van der Waals surface area contributed by atoms with E-state index in [0.29, 0.717) is 12.3 Å². The molecule has 156 valence electrons. The van der Waals surface area contributed by atoms with E-state index in [1.165, 1.54) is 12.1 Å². The fourth-order valence-corrected chi connectivity index (χ4v) is 3.51. The zero-order valence-corrected chi connectivity index (χ0v) is 17.5. The number of hydrogen-bond acceptors (Lipinski definition) is 5. The number of methoxy groups -OCH3 is 1. The SMILES string of the molecule is COc1ccc(-c2cc(Cc3cnccn3)nc(C[C@@H](C)c3ccc(F)cc3)c2)cn1. The minimum atomic E-state index is -0.227. The summed E-state index contributed by atoms with van der Waals surface area (Å²) < 4.78 is 18.5. The summed E-state index contributed by atoms with van der Waals surface area (Å²) in [6.07, 6.45) is 8.22. The van der Waals surface area contributed by atoms with Crippen molar-refractivity contribution in [3.8, 4) is 17.0 Å². The number of benzene rings is 1. The van der Waals surface area contributed by atoms with Gasteiger partial charge in [-0.05, 0) is 53.8 Å². The van der Waals surface area contributed by atoms with Gasteiger partial charge in [-0.1, -0.05) is 19.1 Å². The van der Waals surface area contributed by atoms with Gasteiger partial charge in [-0.3, -0.25) is 15.0 Å². The molecular formula is C25H23FN4O. The quantitative estimate of drug-likeness (QED) is 0.425. The predicted octanol–water partition coefficient (Wildman–Crippen LogP) is 5.02. The first kappa shape index (κ1) is 20.6. The number of halogens is 1. The van der Waals surface area contributed by atoms with Gasteiger partial charge in [-0.2, -0.15) is 0 Å². The monoisotopic (exact) mass is 414 g/mol. The van der Waals surface area contributed by atoms with E-state index in [-0.39, 0.29) is 11.7 Å². The summed E-state index contributed by atoms with van der Waals surface area (Å²) in [5.41, 5.74) is 5.83. The number of aromatic nitrogens is 4. The topological polar surface area (TPSA) is 60.8 Å². The van der Waals surface area contributed by atoms with E-state index in [4.69, 9.17) is 9.72 Å². The van der Waals surface area contributed by atoms with Crippen molar-refractivity contribution in [3.63, 3.8) is 0 Å². The Morgan fingerprint density at radius 1 is 0.871 bits per heavy atom. The molecule has 0 aliphatic rings. The number of hydrogen-bond donors (Lipinski definition) is 0. The first-order valence-electron chi connectivity index (χ1n) is 10.1. The van der Waals surface area contributed by atoms with E-state index in [1.54, 1.807) is 31.9 Å². The zero-order valence-electron chi connectivity index (χ0n) is 17.5. The highest BCUT2D eigenvalue weighted by molar-refractivity contribution is 5.63. The second kappa shape index (κ2) is 9.43. The van der Waals surface area contributed by atoms with Gasteiger partial charge in [0.25, 0.3) is 0 Å². The summed E-state index contributed by atoms with van der Waals surface area (Å²) >= 11 is 0. The Hall–Kier alpha value is -3.67. The number of ether oxygens (including phenoxy) is 1. The molecule has 0 spiro atoms. The van der Waals surface area contributed by atoms with Crippen molar-refractivity contribution in [2.24, 2.45) is 0 Å². The molecule has 3 heterocycles. The average molecular weight is 414 g/mol. The van der Waals surface area contributed by atoms with Gasteiger partial charge in [0.15, 0.2) is 0 Å². The van der Waals surface area contributed by atoms with Crippen LogP contribution in [-0.2, 0) is 12.8 Å². The van der Waals surface area contributed by atoms with Crippen LogP contribution in [0.1, 0.15) is 35.5 Å². The molecule has 0 saturated carbocycles. The lowest BCUT2D eigenvalue weighted by atomic mass is 9.94. The number of rotatable bonds is 7. The Morgan fingerprint density at radius 2 is 1.68 bits per heavy atom. The van der Waals surface area contributed by atoms with E-state index in [0.717, 1.165) is 40.2 Å². The molecule has 0 N–H and O–H groups in total. The third-order valence-electron chi connectivity index (χ3n) is 5.14. The molecule has 4 aromatic rings. The first-order chi connectivity index (χ1) is 15.1. The van der Waals surface area contributed by atoms with Gasteiger partial charge < -0.3 is 4.74 Å². The Balaban J connectivity index is 1.67. The van der Waals surface area contributed by atoms with Gasteiger partial charge >= 0.3 is 0 Å². The Bertz CT molecular complexity index is 1130. The summed E-state index contributed by atoms with van der Waals surface area (Å²) in [7, 11) is 1.60. The van der Waals surface area contributed by atoms with Crippen LogP contribution in [0.4, 0.5) is 4.39 Å². The molecule has 0 saturated heterocycles. The van der Waals surface area contributed by atoms with Crippen LogP contribution in [0.2, 0.25) is 0 Å². The third-order valence-corrected chi connectivity index (χ3v) is 5.14. The van der Waals surface area contributed by atoms with Gasteiger partial charge in [0.05, 0.1) is 12.8 Å². The Labute approximate surface area is 181 Å². The molecule has 3 aromatic heterocycles. The third kappa shape index (κ3) is 5.28. The molecule has 0 amide bonds. The zero-order chi connectivity index (χ0) is 21.6. The molecule has 0 aliphatic carbocycles. The van der Waals surface area contributed by atoms with Crippen LogP contribution in [0.3, 0.4) is 0 Å². The van der Waals surface area contributed by atoms with Gasteiger partial charge in [0.1, 0.15) is 5.82 Å². The van der Waals surface area contributed by atoms with Crippen LogP contribution in [0, 0.1) is 5.82 Å². The highest BCUT2D eigenvalue weighted by atomic mass is 19.1. The summed E-state index contributed by atoms with van der Waals surface area (Å²) in [4.78, 5) is 17.7. The van der Waals surface area contributed by atoms with Gasteiger partial charge in [-0.15, -0.1) is 0 Å². The van der Waals surface area contributed by atoms with Crippen molar-refractivity contribution in [1.82, 2.24) is 19.9 Å². The highest BCUT2D eigenvalue weighted by Gasteiger charge is 2.12. The summed E-state index contributed by atoms with van der Waals surface area (Å²) in [5, 5.41) is 0. The Kier molecular flexibility index (Phi) is 6.26. The second-order valence-electron chi connectivity index (χ2n) is 7.46. The number of nitrogens with zero attached hydrogens (tertiary/aromatic N) is 4. The molecule has 0 radical (unpaired) electrons. The predicted molar refractivity (Wildman–Crippen MR) is 117 cm³/mol. The van der Waals surface area contributed by atoms with Gasteiger partial charge in [-0.25, -0.2) is 9.37 Å². The van der Waals surface area contributed by atoms with Crippen LogP contribution in [0.25, 0.3) is 11.1 Å². The van der Waals surface area contributed by atoms with Crippen molar-refractivity contribution in [2.75, 3.05) is 7.11 Å². The minimum Gasteiger partial charge on any atom is -0.481 e. The van der Waals surface area contributed by atoms with Crippen molar-refractivity contribution in [1.29, 1.82) is 0 Å². The van der Waals surface area contributed by atoms with Gasteiger partial charge in [0, 0.05) is 54.2 Å². The summed E-state index contributed by atoms with van der Waals surface area (Å²) in [5.74, 6) is 0.541. The molecule has 0 fully saturated rings. The summed E-state index contributed by atoms with van der Waals surface area (Å²) in [6, 6.07) is 14.6. The molecule has 0 unspecified atom stereocenters. The fourth-order valence-electron chi connectivity index (χ4n) is 3.51. The standard InChI is InChI=1S/C25H23FN4O/c1-17(18-3-6-21(26)7-4-18)11-22-12-20(19-5-8-25(31-2)29-15-19)13-23(30-22)14-24-16-27-9-10-28-24/h3-10,12-13,15-17H,11,14H2,1-2H3/t17-/m1/s1. The molecule has 5 nitrogen and oxygen atoms in total. The largest absolute Gasteiger partial charge is 0.481 e. The normalized spacial score (nSPS) is 11.8. The molecule has 6 heteroatoms. The number of pyridine rings is 2. The highest BCUT2D eigenvalue weighted by Crippen LogP contribution is 2.26. The smallest absolute Gasteiger partial charge is 0.212 e. The maximum absolute atomic E-state index is 13.3. The van der Waals surface area contributed by atoms with Crippen molar-refractivity contribution >= 4 is 0 Å². The van der Waals surface area contributed by atoms with E-state index in [1.807, 2.05) is 24.3 Å². The fraction of sp³-hybridized carbons (Fsp3) is 0.200. The van der Waals surface area contributed by atoms with Crippen LogP contribution in [0.5, 0.6) is 5.88 Å². The van der Waals surface area contributed by atoms with Crippen molar-refractivity contribution < 1.29 is 9.13 Å². The maximum atomic E-state index is 13.3. The van der Waals surface area contributed by atoms with E-state index < -0.39 is 0 Å².